The van der Waals surface area contributed by atoms with Crippen LogP contribution in [-0.4, -0.2) is 26.5 Å². The molecule has 3 aromatic rings. The van der Waals surface area contributed by atoms with Crippen LogP contribution in [0.25, 0.3) is 17.5 Å². The van der Waals surface area contributed by atoms with Crippen molar-refractivity contribution in [2.45, 2.75) is 6.18 Å². The molecule has 1 heterocycles. The second-order valence-electron chi connectivity index (χ2n) is 5.50. The van der Waals surface area contributed by atoms with Crippen LogP contribution in [0, 0.1) is 5.82 Å². The summed E-state index contributed by atoms with van der Waals surface area (Å²) in [4.78, 5) is 12.2. The van der Waals surface area contributed by atoms with Gasteiger partial charge in [-0.15, -0.1) is 5.10 Å². The summed E-state index contributed by atoms with van der Waals surface area (Å²) < 4.78 is 51.6. The molecule has 11 heteroatoms. The second-order valence-corrected chi connectivity index (χ2v) is 5.94. The summed E-state index contributed by atoms with van der Waals surface area (Å²) >= 11 is 5.94. The highest BCUT2D eigenvalue weighted by Crippen LogP contribution is 2.32. The first-order valence-electron chi connectivity index (χ1n) is 7.63. The predicted octanol–water partition coefficient (Wildman–Crippen LogP) is 4.33. The second kappa shape index (κ2) is 7.77. The lowest BCUT2D eigenvalue weighted by Gasteiger charge is -2.09. The van der Waals surface area contributed by atoms with Crippen molar-refractivity contribution in [3.63, 3.8) is 0 Å². The van der Waals surface area contributed by atoms with E-state index in [1.165, 1.54) is 6.07 Å². The number of hydrogen-bond donors (Lipinski definition) is 2. The monoisotopic (exact) mass is 411 g/mol. The molecule has 0 atom stereocenters. The molecule has 0 bridgehead atoms. The maximum Gasteiger partial charge on any atom is 0.419 e. The Morgan fingerprint density at radius 1 is 1.18 bits per heavy atom. The molecule has 3 rings (SSSR count). The molecule has 0 unspecified atom stereocenters. The Hall–Kier alpha value is -3.27. The van der Waals surface area contributed by atoms with Gasteiger partial charge in [0.1, 0.15) is 5.82 Å². The van der Waals surface area contributed by atoms with Crippen molar-refractivity contribution in [1.82, 2.24) is 20.6 Å². The topological polar surface area (TPSA) is 83.6 Å². The van der Waals surface area contributed by atoms with Crippen molar-refractivity contribution in [2.24, 2.45) is 0 Å². The van der Waals surface area contributed by atoms with Crippen LogP contribution in [0.5, 0.6) is 0 Å². The fourth-order valence-corrected chi connectivity index (χ4v) is 2.48. The van der Waals surface area contributed by atoms with Crippen LogP contribution >= 0.6 is 11.6 Å². The standard InChI is InChI=1S/C17H10ClF4N5O/c18-10-3-4-11(16-24-26-27-25-16)14(8-10)23-15(28)6-2-9-1-5-13(19)12(7-9)17(20,21)22/h1-8H,(H,23,28)(H,24,25,26,27)/b6-2+. The Morgan fingerprint density at radius 2 is 1.96 bits per heavy atom. The van der Waals surface area contributed by atoms with Crippen LogP contribution in [0.2, 0.25) is 5.02 Å². The number of hydrogen-bond acceptors (Lipinski definition) is 4. The molecule has 0 radical (unpaired) electrons. The summed E-state index contributed by atoms with van der Waals surface area (Å²) in [7, 11) is 0. The molecule has 0 aliphatic rings. The van der Waals surface area contributed by atoms with Gasteiger partial charge in [-0.1, -0.05) is 17.7 Å². The zero-order chi connectivity index (χ0) is 20.3. The summed E-state index contributed by atoms with van der Waals surface area (Å²) in [5, 5.41) is 16.1. The van der Waals surface area contributed by atoms with Gasteiger partial charge in [-0.3, -0.25) is 4.79 Å². The van der Waals surface area contributed by atoms with Crippen molar-refractivity contribution in [3.8, 4) is 11.4 Å². The van der Waals surface area contributed by atoms with Gasteiger partial charge in [0, 0.05) is 16.7 Å². The van der Waals surface area contributed by atoms with Crippen molar-refractivity contribution in [1.29, 1.82) is 0 Å². The number of amides is 1. The molecule has 0 aliphatic carbocycles. The quantitative estimate of drug-likeness (QED) is 0.494. The number of carbonyl (C=O) groups excluding carboxylic acids is 1. The lowest BCUT2D eigenvalue weighted by atomic mass is 10.1. The molecule has 2 N–H and O–H groups in total. The molecule has 144 valence electrons. The largest absolute Gasteiger partial charge is 0.419 e. The maximum atomic E-state index is 13.3. The van der Waals surface area contributed by atoms with Crippen molar-refractivity contribution < 1.29 is 22.4 Å². The van der Waals surface area contributed by atoms with Gasteiger partial charge in [0.05, 0.1) is 11.3 Å². The fraction of sp³-hybridized carbons (Fsp3) is 0.0588. The van der Waals surface area contributed by atoms with Gasteiger partial charge in [0.2, 0.25) is 5.91 Å². The molecule has 1 amide bonds. The molecular formula is C17H10ClF4N5O. The third-order valence-electron chi connectivity index (χ3n) is 3.56. The number of H-pyrrole nitrogens is 1. The SMILES string of the molecule is O=C(/C=C/c1ccc(F)c(C(F)(F)F)c1)Nc1cc(Cl)ccc1-c1nnn[nH]1. The van der Waals surface area contributed by atoms with Gasteiger partial charge in [-0.2, -0.15) is 13.2 Å². The molecule has 1 aromatic heterocycles. The van der Waals surface area contributed by atoms with E-state index in [2.05, 4.69) is 25.9 Å². The molecule has 28 heavy (non-hydrogen) atoms. The lowest BCUT2D eigenvalue weighted by molar-refractivity contribution is -0.140. The van der Waals surface area contributed by atoms with Crippen LogP contribution in [0.3, 0.4) is 0 Å². The maximum absolute atomic E-state index is 13.3. The highest BCUT2D eigenvalue weighted by atomic mass is 35.5. The van der Waals surface area contributed by atoms with E-state index in [0.29, 0.717) is 22.7 Å². The van der Waals surface area contributed by atoms with Crippen LogP contribution in [0.15, 0.2) is 42.5 Å². The number of nitrogens with one attached hydrogen (secondary N) is 2. The first kappa shape index (κ1) is 19.5. The number of tetrazole rings is 1. The van der Waals surface area contributed by atoms with Gasteiger partial charge < -0.3 is 5.32 Å². The lowest BCUT2D eigenvalue weighted by Crippen LogP contribution is -2.09. The number of alkyl halides is 3. The summed E-state index contributed by atoms with van der Waals surface area (Å²) in [5.41, 5.74) is -0.660. The molecular weight excluding hydrogens is 402 g/mol. The Morgan fingerprint density at radius 3 is 2.64 bits per heavy atom. The van der Waals surface area contributed by atoms with Gasteiger partial charge >= 0.3 is 6.18 Å². The minimum atomic E-state index is -4.84. The first-order chi connectivity index (χ1) is 13.2. The molecule has 0 saturated heterocycles. The zero-order valence-corrected chi connectivity index (χ0v) is 14.5. The highest BCUT2D eigenvalue weighted by Gasteiger charge is 2.34. The third-order valence-corrected chi connectivity index (χ3v) is 3.80. The van der Waals surface area contributed by atoms with Crippen molar-refractivity contribution >= 4 is 29.3 Å². The average Bonchev–Trinajstić information content (AvgIpc) is 3.14. The number of benzene rings is 2. The van der Waals surface area contributed by atoms with E-state index in [1.807, 2.05) is 0 Å². The van der Waals surface area contributed by atoms with Crippen molar-refractivity contribution in [2.75, 3.05) is 5.32 Å². The van der Waals surface area contributed by atoms with E-state index in [0.717, 1.165) is 18.2 Å². The number of nitrogens with zero attached hydrogens (tertiary/aromatic N) is 3. The van der Waals surface area contributed by atoms with E-state index in [-0.39, 0.29) is 17.1 Å². The van der Waals surface area contributed by atoms with E-state index in [4.69, 9.17) is 11.6 Å². The van der Waals surface area contributed by atoms with Crippen LogP contribution in [0.1, 0.15) is 11.1 Å². The van der Waals surface area contributed by atoms with E-state index < -0.39 is 23.5 Å². The number of halogens is 5. The Kier molecular flexibility index (Phi) is 5.41. The highest BCUT2D eigenvalue weighted by molar-refractivity contribution is 6.31. The molecule has 0 fully saturated rings. The van der Waals surface area contributed by atoms with E-state index >= 15 is 0 Å². The molecule has 6 nitrogen and oxygen atoms in total. The number of carbonyl (C=O) groups is 1. The predicted molar refractivity (Wildman–Crippen MR) is 93.7 cm³/mol. The third kappa shape index (κ3) is 4.52. The van der Waals surface area contributed by atoms with Gasteiger partial charge in [0.15, 0.2) is 5.82 Å². The number of aromatic nitrogens is 4. The first-order valence-corrected chi connectivity index (χ1v) is 8.01. The van der Waals surface area contributed by atoms with Gasteiger partial charge in [-0.05, 0) is 52.4 Å². The molecule has 2 aromatic carbocycles. The number of aromatic amines is 1. The Bertz CT molecular complexity index is 1030. The Labute approximate surface area is 160 Å². The van der Waals surface area contributed by atoms with Gasteiger partial charge in [0.25, 0.3) is 0 Å². The summed E-state index contributed by atoms with van der Waals surface area (Å²) in [6.45, 7) is 0. The summed E-state index contributed by atoms with van der Waals surface area (Å²) in [6, 6.07) is 7.04. The Balaban J connectivity index is 1.81. The minimum absolute atomic E-state index is 0.00891. The molecule has 0 saturated carbocycles. The fourth-order valence-electron chi connectivity index (χ4n) is 2.31. The average molecular weight is 412 g/mol. The summed E-state index contributed by atoms with van der Waals surface area (Å²) in [6.07, 6.45) is -2.70. The van der Waals surface area contributed by atoms with Gasteiger partial charge in [-0.25, -0.2) is 9.49 Å². The van der Waals surface area contributed by atoms with E-state index in [9.17, 15) is 22.4 Å². The number of anilines is 1. The van der Waals surface area contributed by atoms with Crippen LogP contribution in [0.4, 0.5) is 23.2 Å². The smallest absolute Gasteiger partial charge is 0.322 e. The van der Waals surface area contributed by atoms with E-state index in [1.54, 1.807) is 12.1 Å². The zero-order valence-electron chi connectivity index (χ0n) is 13.8. The molecule has 0 aliphatic heterocycles. The van der Waals surface area contributed by atoms with Crippen LogP contribution < -0.4 is 5.32 Å². The van der Waals surface area contributed by atoms with Crippen LogP contribution in [-0.2, 0) is 11.0 Å². The normalized spacial score (nSPS) is 11.8. The number of rotatable bonds is 4. The minimum Gasteiger partial charge on any atom is -0.322 e. The summed E-state index contributed by atoms with van der Waals surface area (Å²) in [5.74, 6) is -1.75. The molecule has 0 spiro atoms. The van der Waals surface area contributed by atoms with Crippen molar-refractivity contribution in [3.05, 3.63) is 64.4 Å².